The molecule has 1 aliphatic rings. The summed E-state index contributed by atoms with van der Waals surface area (Å²) in [5.41, 5.74) is 0.977. The van der Waals surface area contributed by atoms with Crippen LogP contribution in [0.4, 0.5) is 0 Å². The largest absolute Gasteiger partial charge is 0.293 e. The molecule has 1 rings (SSSR count). The molecule has 0 N–H and O–H groups in total. The minimum absolute atomic E-state index is 0.815. The van der Waals surface area contributed by atoms with E-state index >= 15 is 0 Å². The number of nitrogens with zero attached hydrogens (tertiary/aromatic N) is 1. The molecule has 0 aromatic carbocycles. The molecule has 0 aromatic heterocycles. The second-order valence-electron chi connectivity index (χ2n) is 2.13. The zero-order chi connectivity index (χ0) is 7.56. The second kappa shape index (κ2) is 2.92. The fourth-order valence-corrected chi connectivity index (χ4v) is 1.33. The number of carbonyl (C=O) groups is 1. The van der Waals surface area contributed by atoms with E-state index in [0.717, 1.165) is 17.0 Å². The molecule has 0 saturated heterocycles. The van der Waals surface area contributed by atoms with Gasteiger partial charge in [-0.1, -0.05) is 11.8 Å². The van der Waals surface area contributed by atoms with Crippen molar-refractivity contribution >= 4 is 18.2 Å². The molecule has 0 saturated carbocycles. The average Bonchev–Trinajstić information content (AvgIpc) is 1.94. The van der Waals surface area contributed by atoms with Crippen LogP contribution < -0.4 is 0 Å². The van der Waals surface area contributed by atoms with Crippen LogP contribution in [0.2, 0.25) is 0 Å². The van der Waals surface area contributed by atoms with Gasteiger partial charge in [-0.3, -0.25) is 9.69 Å². The van der Waals surface area contributed by atoms with Crippen LogP contribution in [0, 0.1) is 0 Å². The van der Waals surface area contributed by atoms with Gasteiger partial charge in [0.05, 0.1) is 0 Å². The minimum Gasteiger partial charge on any atom is -0.293 e. The van der Waals surface area contributed by atoms with Gasteiger partial charge >= 0.3 is 0 Å². The lowest BCUT2D eigenvalue weighted by Gasteiger charge is -2.17. The summed E-state index contributed by atoms with van der Waals surface area (Å²) in [5, 5.41) is 1.96. The summed E-state index contributed by atoms with van der Waals surface area (Å²) in [6.07, 6.45) is 2.64. The van der Waals surface area contributed by atoms with Gasteiger partial charge in [-0.25, -0.2) is 0 Å². The molecular formula is C7H9NOS. The first-order valence-corrected chi connectivity index (χ1v) is 3.87. The third-order valence-electron chi connectivity index (χ3n) is 1.26. The maximum Gasteiger partial charge on any atom is 0.217 e. The fourth-order valence-electron chi connectivity index (χ4n) is 0.681. The Morgan fingerprint density at radius 3 is 2.80 bits per heavy atom. The maximum absolute atomic E-state index is 10.3. The molecular weight excluding hydrogens is 146 g/mol. The average molecular weight is 155 g/mol. The van der Waals surface area contributed by atoms with E-state index in [-0.39, 0.29) is 0 Å². The van der Waals surface area contributed by atoms with Gasteiger partial charge in [-0.05, 0) is 19.3 Å². The lowest BCUT2D eigenvalue weighted by molar-refractivity contribution is -0.114. The van der Waals surface area contributed by atoms with Crippen LogP contribution in [-0.2, 0) is 4.79 Å². The molecule has 1 amide bonds. The van der Waals surface area contributed by atoms with Crippen molar-refractivity contribution in [3.63, 3.8) is 0 Å². The molecule has 0 unspecified atom stereocenters. The van der Waals surface area contributed by atoms with Gasteiger partial charge in [0, 0.05) is 16.8 Å². The van der Waals surface area contributed by atoms with E-state index in [1.165, 1.54) is 0 Å². The van der Waals surface area contributed by atoms with Crippen molar-refractivity contribution in [2.75, 3.05) is 0 Å². The number of carbonyl (C=O) groups excluding carboxylic acids is 1. The minimum atomic E-state index is 0.815. The van der Waals surface area contributed by atoms with E-state index in [0.29, 0.717) is 0 Å². The van der Waals surface area contributed by atoms with Gasteiger partial charge in [-0.15, -0.1) is 0 Å². The summed E-state index contributed by atoms with van der Waals surface area (Å²) in [4.78, 5) is 13.1. The van der Waals surface area contributed by atoms with Crippen LogP contribution >= 0.6 is 11.8 Å². The highest BCUT2D eigenvalue weighted by Crippen LogP contribution is 2.24. The first-order chi connectivity index (χ1) is 4.74. The Labute approximate surface area is 64.6 Å². The molecule has 0 bridgehead atoms. The standard InChI is InChI=1S/C7H9NOS/c1-6-4-10-7(2)3-8(6)5-9/h3-5H,1-2H3. The van der Waals surface area contributed by atoms with Crippen LogP contribution in [0.1, 0.15) is 13.8 Å². The molecule has 3 heteroatoms. The normalized spacial score (nSPS) is 18.0. The van der Waals surface area contributed by atoms with Crippen LogP contribution in [0.3, 0.4) is 0 Å². The van der Waals surface area contributed by atoms with Crippen molar-refractivity contribution in [3.8, 4) is 0 Å². The van der Waals surface area contributed by atoms with Gasteiger partial charge < -0.3 is 0 Å². The second-order valence-corrected chi connectivity index (χ2v) is 3.24. The Bertz CT molecular complexity index is 208. The smallest absolute Gasteiger partial charge is 0.217 e. The van der Waals surface area contributed by atoms with E-state index in [1.807, 2.05) is 25.5 Å². The molecule has 1 heterocycles. The van der Waals surface area contributed by atoms with Gasteiger partial charge in [-0.2, -0.15) is 0 Å². The zero-order valence-corrected chi connectivity index (χ0v) is 6.81. The third-order valence-corrected chi connectivity index (χ3v) is 2.19. The van der Waals surface area contributed by atoms with E-state index < -0.39 is 0 Å². The lowest BCUT2D eigenvalue weighted by Crippen LogP contribution is -2.13. The molecule has 1 aliphatic heterocycles. The van der Waals surface area contributed by atoms with E-state index in [4.69, 9.17) is 0 Å². The fraction of sp³-hybridized carbons (Fsp3) is 0.286. The van der Waals surface area contributed by atoms with Crippen molar-refractivity contribution in [1.82, 2.24) is 4.90 Å². The van der Waals surface area contributed by atoms with Crippen LogP contribution in [0.5, 0.6) is 0 Å². The number of amides is 1. The maximum atomic E-state index is 10.3. The Hall–Kier alpha value is -0.700. The molecule has 0 fully saturated rings. The molecule has 54 valence electrons. The van der Waals surface area contributed by atoms with Crippen molar-refractivity contribution in [3.05, 3.63) is 22.2 Å². The Morgan fingerprint density at radius 1 is 1.60 bits per heavy atom. The SMILES string of the molecule is CC1=CN(C=O)C(C)=CS1. The summed E-state index contributed by atoms with van der Waals surface area (Å²) in [6, 6.07) is 0. The highest BCUT2D eigenvalue weighted by molar-refractivity contribution is 8.05. The highest BCUT2D eigenvalue weighted by atomic mass is 32.2. The highest BCUT2D eigenvalue weighted by Gasteiger charge is 2.05. The summed E-state index contributed by atoms with van der Waals surface area (Å²) in [7, 11) is 0. The molecule has 0 aromatic rings. The zero-order valence-electron chi connectivity index (χ0n) is 6.00. The summed E-state index contributed by atoms with van der Waals surface area (Å²) in [6.45, 7) is 3.88. The van der Waals surface area contributed by atoms with Gasteiger partial charge in [0.15, 0.2) is 0 Å². The summed E-state index contributed by atoms with van der Waals surface area (Å²) in [5.74, 6) is 0. The molecule has 0 aliphatic carbocycles. The number of hydrogen-bond donors (Lipinski definition) is 0. The van der Waals surface area contributed by atoms with Crippen LogP contribution in [-0.4, -0.2) is 11.3 Å². The summed E-state index contributed by atoms with van der Waals surface area (Å²) < 4.78 is 0. The van der Waals surface area contributed by atoms with Gasteiger partial charge in [0.2, 0.25) is 6.41 Å². The number of rotatable bonds is 1. The monoisotopic (exact) mass is 155 g/mol. The first-order valence-electron chi connectivity index (χ1n) is 2.99. The Morgan fingerprint density at radius 2 is 2.30 bits per heavy atom. The summed E-state index contributed by atoms with van der Waals surface area (Å²) >= 11 is 1.64. The predicted octanol–water partition coefficient (Wildman–Crippen LogP) is 1.91. The number of hydrogen-bond acceptors (Lipinski definition) is 2. The van der Waals surface area contributed by atoms with Crippen molar-refractivity contribution < 1.29 is 4.79 Å². The van der Waals surface area contributed by atoms with Crippen molar-refractivity contribution in [2.24, 2.45) is 0 Å². The topological polar surface area (TPSA) is 20.3 Å². The quantitative estimate of drug-likeness (QED) is 0.539. The third kappa shape index (κ3) is 1.42. The lowest BCUT2D eigenvalue weighted by atomic mass is 10.5. The molecule has 10 heavy (non-hydrogen) atoms. The van der Waals surface area contributed by atoms with Gasteiger partial charge in [0.1, 0.15) is 0 Å². The Kier molecular flexibility index (Phi) is 2.17. The van der Waals surface area contributed by atoms with E-state index in [2.05, 4.69) is 0 Å². The van der Waals surface area contributed by atoms with Crippen molar-refractivity contribution in [1.29, 1.82) is 0 Å². The number of thioether (sulfide) groups is 1. The first kappa shape index (κ1) is 7.41. The molecule has 0 spiro atoms. The van der Waals surface area contributed by atoms with E-state index in [1.54, 1.807) is 16.7 Å². The Balaban J connectivity index is 2.77. The predicted molar refractivity (Wildman–Crippen MR) is 43.0 cm³/mol. The molecule has 0 atom stereocenters. The van der Waals surface area contributed by atoms with E-state index in [9.17, 15) is 4.79 Å². The number of allylic oxidation sites excluding steroid dienone is 2. The van der Waals surface area contributed by atoms with Crippen LogP contribution in [0.15, 0.2) is 22.2 Å². The van der Waals surface area contributed by atoms with Crippen LogP contribution in [0.25, 0.3) is 0 Å². The molecule has 0 radical (unpaired) electrons. The van der Waals surface area contributed by atoms with Crippen molar-refractivity contribution in [2.45, 2.75) is 13.8 Å². The molecule has 2 nitrogen and oxygen atoms in total. The van der Waals surface area contributed by atoms with Gasteiger partial charge in [0.25, 0.3) is 0 Å².